The Kier molecular flexibility index (Phi) is 3.00. The largest absolute Gasteiger partial charge is 0.0839 e. The number of benzene rings is 2. The molecule has 0 aliphatic heterocycles. The zero-order valence-corrected chi connectivity index (χ0v) is 16.1. The minimum atomic E-state index is -0.117. The standard InChI is InChI=1S/C25H19Br/c26-16-13-14-20-19-9-3-6-12-23(19)25(24(20)15-16)21-10-4-1-7-17(21)18-8-2-5-11-22(18)25/h1-2,4-8,10-12,15H,3,9,13-14H2. The van der Waals surface area contributed by atoms with Crippen molar-refractivity contribution in [2.75, 3.05) is 0 Å². The van der Waals surface area contributed by atoms with E-state index in [9.17, 15) is 0 Å². The van der Waals surface area contributed by atoms with Gasteiger partial charge in [-0.2, -0.15) is 0 Å². The number of allylic oxidation sites excluding steroid dienone is 8. The average molecular weight is 399 g/mol. The molecule has 2 aromatic rings. The normalized spacial score (nSPS) is 21.5. The van der Waals surface area contributed by atoms with Gasteiger partial charge in [-0.1, -0.05) is 76.6 Å². The van der Waals surface area contributed by atoms with Crippen molar-refractivity contribution in [2.24, 2.45) is 0 Å². The van der Waals surface area contributed by atoms with E-state index in [1.807, 2.05) is 0 Å². The summed E-state index contributed by atoms with van der Waals surface area (Å²) in [7, 11) is 0. The first-order valence-electron chi connectivity index (χ1n) is 9.51. The van der Waals surface area contributed by atoms with Gasteiger partial charge in [-0.05, 0) is 80.8 Å². The molecule has 0 bridgehead atoms. The number of hydrogen-bond acceptors (Lipinski definition) is 0. The minimum Gasteiger partial charge on any atom is -0.0839 e. The van der Waals surface area contributed by atoms with E-state index in [1.165, 1.54) is 50.7 Å². The van der Waals surface area contributed by atoms with Crippen molar-refractivity contribution in [1.82, 2.24) is 0 Å². The number of halogens is 1. The molecule has 1 heteroatoms. The maximum Gasteiger partial charge on any atom is 0.0719 e. The Morgan fingerprint density at radius 3 is 2.12 bits per heavy atom. The van der Waals surface area contributed by atoms with Crippen molar-refractivity contribution in [1.29, 1.82) is 0 Å². The lowest BCUT2D eigenvalue weighted by Gasteiger charge is -2.34. The van der Waals surface area contributed by atoms with Crippen LogP contribution in [0.5, 0.6) is 0 Å². The second-order valence-corrected chi connectivity index (χ2v) is 8.68. The number of hydrogen-bond donors (Lipinski definition) is 0. The third kappa shape index (κ3) is 1.66. The maximum atomic E-state index is 3.82. The first-order valence-corrected chi connectivity index (χ1v) is 10.3. The SMILES string of the molecule is BrC1=CC2=C(CC1)C1=C(C=CCC1)C21c2ccccc2-c2ccccc21. The van der Waals surface area contributed by atoms with Crippen LogP contribution < -0.4 is 0 Å². The fourth-order valence-corrected chi connectivity index (χ4v) is 6.06. The highest BCUT2D eigenvalue weighted by Crippen LogP contribution is 2.64. The molecule has 4 aliphatic carbocycles. The molecule has 0 amide bonds. The molecule has 0 saturated heterocycles. The Bertz CT molecular complexity index is 1050. The number of fused-ring (bicyclic) bond motifs is 8. The maximum absolute atomic E-state index is 3.82. The van der Waals surface area contributed by atoms with Gasteiger partial charge in [0.25, 0.3) is 0 Å². The Labute approximate surface area is 162 Å². The summed E-state index contributed by atoms with van der Waals surface area (Å²) >= 11 is 3.82. The minimum absolute atomic E-state index is 0.117. The average Bonchev–Trinajstić information content (AvgIpc) is 3.15. The molecule has 0 atom stereocenters. The van der Waals surface area contributed by atoms with Crippen LogP contribution in [0.2, 0.25) is 0 Å². The summed E-state index contributed by atoms with van der Waals surface area (Å²) in [6, 6.07) is 18.1. The zero-order chi connectivity index (χ0) is 17.3. The Morgan fingerprint density at radius 1 is 0.731 bits per heavy atom. The first kappa shape index (κ1) is 15.0. The summed E-state index contributed by atoms with van der Waals surface area (Å²) < 4.78 is 1.33. The van der Waals surface area contributed by atoms with Gasteiger partial charge >= 0.3 is 0 Å². The summed E-state index contributed by atoms with van der Waals surface area (Å²) in [5, 5.41) is 0. The topological polar surface area (TPSA) is 0 Å². The molecule has 0 unspecified atom stereocenters. The van der Waals surface area contributed by atoms with Crippen LogP contribution in [-0.4, -0.2) is 0 Å². The monoisotopic (exact) mass is 398 g/mol. The van der Waals surface area contributed by atoms with E-state index in [2.05, 4.69) is 82.7 Å². The lowest BCUT2D eigenvalue weighted by atomic mass is 9.67. The van der Waals surface area contributed by atoms with Crippen LogP contribution in [0.3, 0.4) is 0 Å². The van der Waals surface area contributed by atoms with Crippen LogP contribution in [0.4, 0.5) is 0 Å². The highest BCUT2D eigenvalue weighted by Gasteiger charge is 2.53. The van der Waals surface area contributed by atoms with E-state index < -0.39 is 0 Å². The molecule has 6 rings (SSSR count). The predicted octanol–water partition coefficient (Wildman–Crippen LogP) is 6.98. The summed E-state index contributed by atoms with van der Waals surface area (Å²) in [6.45, 7) is 0. The Hall–Kier alpha value is -2.12. The van der Waals surface area contributed by atoms with E-state index in [0.29, 0.717) is 0 Å². The van der Waals surface area contributed by atoms with Crippen LogP contribution in [-0.2, 0) is 5.41 Å². The second-order valence-electron chi connectivity index (χ2n) is 7.66. The fraction of sp³-hybridized carbons (Fsp3) is 0.200. The van der Waals surface area contributed by atoms with Gasteiger partial charge in [0.2, 0.25) is 0 Å². The van der Waals surface area contributed by atoms with Crippen molar-refractivity contribution >= 4 is 15.9 Å². The highest BCUT2D eigenvalue weighted by atomic mass is 79.9. The fourth-order valence-electron chi connectivity index (χ4n) is 5.63. The van der Waals surface area contributed by atoms with Gasteiger partial charge in [-0.15, -0.1) is 0 Å². The highest BCUT2D eigenvalue weighted by molar-refractivity contribution is 9.11. The van der Waals surface area contributed by atoms with Crippen LogP contribution in [0.15, 0.2) is 93.5 Å². The molecule has 4 aliphatic rings. The molecule has 0 heterocycles. The molecule has 126 valence electrons. The molecule has 0 radical (unpaired) electrons. The van der Waals surface area contributed by atoms with Gasteiger partial charge in [0.05, 0.1) is 5.41 Å². The molecule has 0 nitrogen and oxygen atoms in total. The summed E-state index contributed by atoms with van der Waals surface area (Å²) in [5.74, 6) is 0. The van der Waals surface area contributed by atoms with E-state index in [4.69, 9.17) is 0 Å². The van der Waals surface area contributed by atoms with Gasteiger partial charge in [-0.3, -0.25) is 0 Å². The van der Waals surface area contributed by atoms with Crippen molar-refractivity contribution < 1.29 is 0 Å². The van der Waals surface area contributed by atoms with Crippen molar-refractivity contribution in [3.05, 3.63) is 105 Å². The smallest absolute Gasteiger partial charge is 0.0719 e. The van der Waals surface area contributed by atoms with Gasteiger partial charge < -0.3 is 0 Å². The molecule has 26 heavy (non-hydrogen) atoms. The molecule has 0 aromatic heterocycles. The molecule has 1 spiro atoms. The third-order valence-corrected chi connectivity index (χ3v) is 7.16. The van der Waals surface area contributed by atoms with Crippen LogP contribution in [0.25, 0.3) is 11.1 Å². The van der Waals surface area contributed by atoms with Gasteiger partial charge in [0.1, 0.15) is 0 Å². The summed E-state index contributed by atoms with van der Waals surface area (Å²) in [5.41, 5.74) is 11.9. The van der Waals surface area contributed by atoms with Crippen LogP contribution in [0.1, 0.15) is 36.8 Å². The quantitative estimate of drug-likeness (QED) is 0.448. The predicted molar refractivity (Wildman–Crippen MR) is 111 cm³/mol. The molecule has 2 aromatic carbocycles. The molecule has 0 saturated carbocycles. The van der Waals surface area contributed by atoms with Crippen LogP contribution in [0, 0.1) is 0 Å². The van der Waals surface area contributed by atoms with Crippen molar-refractivity contribution in [3.63, 3.8) is 0 Å². The van der Waals surface area contributed by atoms with E-state index >= 15 is 0 Å². The molecule has 0 fully saturated rings. The van der Waals surface area contributed by atoms with Gasteiger partial charge in [0.15, 0.2) is 0 Å². The van der Waals surface area contributed by atoms with Crippen molar-refractivity contribution in [3.8, 4) is 11.1 Å². The lowest BCUT2D eigenvalue weighted by molar-refractivity contribution is 0.761. The summed E-state index contributed by atoms with van der Waals surface area (Å²) in [6.07, 6.45) is 11.9. The van der Waals surface area contributed by atoms with Crippen molar-refractivity contribution in [2.45, 2.75) is 31.1 Å². The molecular formula is C25H19Br. The molecular weight excluding hydrogens is 380 g/mol. The Morgan fingerprint density at radius 2 is 1.38 bits per heavy atom. The van der Waals surface area contributed by atoms with E-state index in [-0.39, 0.29) is 5.41 Å². The second kappa shape index (κ2) is 5.20. The zero-order valence-electron chi connectivity index (χ0n) is 14.6. The van der Waals surface area contributed by atoms with Crippen LogP contribution >= 0.6 is 15.9 Å². The lowest BCUT2D eigenvalue weighted by Crippen LogP contribution is -2.28. The first-order chi connectivity index (χ1) is 12.8. The van der Waals surface area contributed by atoms with Gasteiger partial charge in [0, 0.05) is 0 Å². The number of rotatable bonds is 0. The molecule has 0 N–H and O–H groups in total. The van der Waals surface area contributed by atoms with E-state index in [1.54, 1.807) is 11.1 Å². The summed E-state index contributed by atoms with van der Waals surface area (Å²) in [4.78, 5) is 0. The van der Waals surface area contributed by atoms with Gasteiger partial charge in [-0.25, -0.2) is 0 Å². The van der Waals surface area contributed by atoms with E-state index in [0.717, 1.165) is 12.8 Å². The third-order valence-electron chi connectivity index (χ3n) is 6.54. The Balaban J connectivity index is 1.80.